The van der Waals surface area contributed by atoms with Gasteiger partial charge in [-0.3, -0.25) is 0 Å². The van der Waals surface area contributed by atoms with Gasteiger partial charge in [-0.2, -0.15) is 0 Å². The van der Waals surface area contributed by atoms with Gasteiger partial charge in [-0.15, -0.1) is 22.7 Å². The van der Waals surface area contributed by atoms with Crippen molar-refractivity contribution in [1.82, 2.24) is 0 Å². The minimum Gasteiger partial charge on any atom is -0.310 e. The summed E-state index contributed by atoms with van der Waals surface area (Å²) in [6.07, 6.45) is 0. The van der Waals surface area contributed by atoms with E-state index in [1.807, 2.05) is 22.7 Å². The van der Waals surface area contributed by atoms with Crippen LogP contribution in [0.5, 0.6) is 0 Å². The Morgan fingerprint density at radius 3 is 0.929 bits per heavy atom. The predicted octanol–water partition coefficient (Wildman–Crippen LogP) is 20.2. The predicted molar refractivity (Wildman–Crippen MR) is 305 cm³/mol. The molecule has 4 heteroatoms. The van der Waals surface area contributed by atoms with E-state index in [0.717, 1.165) is 34.1 Å². The third-order valence-electron chi connectivity index (χ3n) is 14.0. The lowest BCUT2D eigenvalue weighted by atomic mass is 9.94. The summed E-state index contributed by atoms with van der Waals surface area (Å²) < 4.78 is 5.24. The van der Waals surface area contributed by atoms with Gasteiger partial charge in [0.15, 0.2) is 0 Å². The zero-order chi connectivity index (χ0) is 46.1. The van der Waals surface area contributed by atoms with Crippen molar-refractivity contribution >= 4 is 129 Å². The van der Waals surface area contributed by atoms with Crippen LogP contribution in [0.15, 0.2) is 255 Å². The molecule has 70 heavy (non-hydrogen) atoms. The Labute approximate surface area is 413 Å². The van der Waals surface area contributed by atoms with Gasteiger partial charge in [0.25, 0.3) is 0 Å². The number of thiophene rings is 2. The lowest BCUT2D eigenvalue weighted by molar-refractivity contribution is 1.30. The van der Waals surface area contributed by atoms with Crippen LogP contribution in [0.2, 0.25) is 0 Å². The highest BCUT2D eigenvalue weighted by atomic mass is 32.1. The molecule has 0 unspecified atom stereocenters. The van der Waals surface area contributed by atoms with Crippen LogP contribution in [0.25, 0.3) is 94.9 Å². The zero-order valence-electron chi connectivity index (χ0n) is 38.0. The van der Waals surface area contributed by atoms with Gasteiger partial charge in [-0.05, 0) is 129 Å². The van der Waals surface area contributed by atoms with Gasteiger partial charge in [0.1, 0.15) is 0 Å². The average Bonchev–Trinajstić information content (AvgIpc) is 4.00. The van der Waals surface area contributed by atoms with Crippen molar-refractivity contribution in [1.29, 1.82) is 0 Å². The Kier molecular flexibility index (Phi) is 9.61. The molecular formula is C66H42N2S2. The Morgan fingerprint density at radius 1 is 0.229 bits per heavy atom. The van der Waals surface area contributed by atoms with E-state index in [-0.39, 0.29) is 0 Å². The third-order valence-corrected chi connectivity index (χ3v) is 16.3. The number of nitrogens with zero attached hydrogens (tertiary/aromatic N) is 2. The van der Waals surface area contributed by atoms with E-state index in [1.165, 1.54) is 94.9 Å². The van der Waals surface area contributed by atoms with E-state index in [4.69, 9.17) is 0 Å². The van der Waals surface area contributed by atoms with Crippen molar-refractivity contribution in [2.45, 2.75) is 0 Å². The molecule has 0 aliphatic heterocycles. The van der Waals surface area contributed by atoms with E-state index in [9.17, 15) is 0 Å². The molecule has 328 valence electrons. The summed E-state index contributed by atoms with van der Waals surface area (Å²) in [7, 11) is 0. The van der Waals surface area contributed by atoms with Gasteiger partial charge < -0.3 is 9.80 Å². The second kappa shape index (κ2) is 16.6. The van der Waals surface area contributed by atoms with Crippen LogP contribution in [0.3, 0.4) is 0 Å². The lowest BCUT2D eigenvalue weighted by Crippen LogP contribution is -2.10. The summed E-state index contributed by atoms with van der Waals surface area (Å²) in [5.41, 5.74) is 11.8. The highest BCUT2D eigenvalue weighted by Gasteiger charge is 2.21. The number of benzene rings is 12. The summed E-state index contributed by atoms with van der Waals surface area (Å²) in [5.74, 6) is 0. The van der Waals surface area contributed by atoms with Crippen LogP contribution in [-0.2, 0) is 0 Å². The van der Waals surface area contributed by atoms with E-state index in [2.05, 4.69) is 265 Å². The minimum absolute atomic E-state index is 1.13. The molecule has 2 heterocycles. The molecule has 0 saturated carbocycles. The summed E-state index contributed by atoms with van der Waals surface area (Å²) in [6, 6.07) is 93.3. The van der Waals surface area contributed by atoms with Crippen molar-refractivity contribution in [2.75, 3.05) is 9.80 Å². The first-order valence-corrected chi connectivity index (χ1v) is 25.5. The fourth-order valence-corrected chi connectivity index (χ4v) is 13.2. The normalized spacial score (nSPS) is 11.7. The fraction of sp³-hybridized carbons (Fsp3) is 0. The highest BCUT2D eigenvalue weighted by Crippen LogP contribution is 2.48. The van der Waals surface area contributed by atoms with Crippen molar-refractivity contribution in [3.63, 3.8) is 0 Å². The zero-order valence-corrected chi connectivity index (χ0v) is 39.6. The van der Waals surface area contributed by atoms with Crippen LogP contribution in [0.1, 0.15) is 0 Å². The first kappa shape index (κ1) is 40.5. The molecule has 0 fully saturated rings. The maximum atomic E-state index is 2.41. The Morgan fingerprint density at radius 2 is 0.557 bits per heavy atom. The van der Waals surface area contributed by atoms with E-state index in [0.29, 0.717) is 0 Å². The largest absolute Gasteiger partial charge is 0.310 e. The number of fused-ring (bicyclic) bond motifs is 11. The van der Waals surface area contributed by atoms with Gasteiger partial charge >= 0.3 is 0 Å². The van der Waals surface area contributed by atoms with Crippen LogP contribution in [0.4, 0.5) is 34.1 Å². The maximum Gasteiger partial charge on any atom is 0.0540 e. The molecule has 0 atom stereocenters. The van der Waals surface area contributed by atoms with Gasteiger partial charge in [0.2, 0.25) is 0 Å². The molecule has 0 saturated heterocycles. The Hall–Kier alpha value is -8.54. The topological polar surface area (TPSA) is 6.48 Å². The molecule has 14 rings (SSSR count). The van der Waals surface area contributed by atoms with Crippen LogP contribution < -0.4 is 9.80 Å². The average molecular weight is 927 g/mol. The summed E-state index contributed by atoms with van der Waals surface area (Å²) in [5, 5.41) is 12.8. The van der Waals surface area contributed by atoms with Gasteiger partial charge in [-0.25, -0.2) is 0 Å². The fourth-order valence-electron chi connectivity index (χ4n) is 10.9. The molecule has 2 nitrogen and oxygen atoms in total. The maximum absolute atomic E-state index is 2.41. The number of para-hydroxylation sites is 4. The third kappa shape index (κ3) is 6.60. The number of hydrogen-bond acceptors (Lipinski definition) is 4. The summed E-state index contributed by atoms with van der Waals surface area (Å²) in [6.45, 7) is 0. The standard InChI is InChI=1S/C66H42N2S2/c1-5-17-45(18-6-1)67(46-19-7-2-8-20-46)59-37-33-49(51-25-13-15-27-53(51)59)43-29-31-57-63(41-43)69-61-39-35-56-55(65(57)61)36-40-62-66(56)58-32-30-44(42-64(58)70-62)50-34-38-60(54-28-16-14-26-52(50)54)68(47-21-9-3-10-22-47)48-23-11-4-12-24-48/h1-42H. The van der Waals surface area contributed by atoms with Crippen LogP contribution in [0, 0.1) is 0 Å². The van der Waals surface area contributed by atoms with E-state index >= 15 is 0 Å². The first-order valence-electron chi connectivity index (χ1n) is 23.8. The molecule has 0 bridgehead atoms. The Balaban J connectivity index is 0.858. The molecule has 12 aromatic carbocycles. The molecule has 0 aliphatic carbocycles. The molecule has 2 aromatic heterocycles. The molecule has 14 aromatic rings. The monoisotopic (exact) mass is 926 g/mol. The summed E-state index contributed by atoms with van der Waals surface area (Å²) in [4.78, 5) is 4.73. The SMILES string of the molecule is c1ccc(N(c2ccccc2)c2ccc(-c3ccc4c(c3)sc3ccc5c(ccc6sc7cc(-c8ccc(N(c9ccccc9)c9ccccc9)c9ccccc89)ccc7c65)c34)c3ccccc23)cc1. The van der Waals surface area contributed by atoms with Gasteiger partial charge in [-0.1, -0.05) is 170 Å². The second-order valence-corrected chi connectivity index (χ2v) is 20.1. The van der Waals surface area contributed by atoms with Crippen molar-refractivity contribution in [3.05, 3.63) is 255 Å². The second-order valence-electron chi connectivity index (χ2n) is 18.0. The number of hydrogen-bond donors (Lipinski definition) is 0. The molecule has 0 N–H and O–H groups in total. The molecule has 0 amide bonds. The molecule has 0 spiro atoms. The van der Waals surface area contributed by atoms with E-state index < -0.39 is 0 Å². The first-order chi connectivity index (χ1) is 34.7. The van der Waals surface area contributed by atoms with Crippen LogP contribution in [-0.4, -0.2) is 0 Å². The van der Waals surface area contributed by atoms with Gasteiger partial charge in [0, 0.05) is 73.9 Å². The van der Waals surface area contributed by atoms with Crippen LogP contribution >= 0.6 is 22.7 Å². The highest BCUT2D eigenvalue weighted by molar-refractivity contribution is 7.26. The van der Waals surface area contributed by atoms with E-state index in [1.54, 1.807) is 0 Å². The smallest absolute Gasteiger partial charge is 0.0540 e. The van der Waals surface area contributed by atoms with Gasteiger partial charge in [0.05, 0.1) is 11.4 Å². The van der Waals surface area contributed by atoms with Crippen molar-refractivity contribution in [3.8, 4) is 22.3 Å². The minimum atomic E-state index is 1.13. The lowest BCUT2D eigenvalue weighted by Gasteiger charge is -2.27. The quantitative estimate of drug-likeness (QED) is 0.150. The molecule has 0 aliphatic rings. The Bertz CT molecular complexity index is 3930. The molecule has 0 radical (unpaired) electrons. The van der Waals surface area contributed by atoms with Crippen molar-refractivity contribution in [2.24, 2.45) is 0 Å². The summed E-state index contributed by atoms with van der Waals surface area (Å²) >= 11 is 3.79. The van der Waals surface area contributed by atoms with Crippen molar-refractivity contribution < 1.29 is 0 Å². The molecular weight excluding hydrogens is 885 g/mol. The number of rotatable bonds is 8. The number of anilines is 6.